The van der Waals surface area contributed by atoms with Crippen LogP contribution >= 0.6 is 11.6 Å². The first-order valence-corrected chi connectivity index (χ1v) is 9.73. The Bertz CT molecular complexity index is 765. The standard InChI is InChI=1S/C20H23ClN2O4/c1-2-13-27-20(26)14-7-9-15(10-8-14)23-18(24)16(21)17(19(23)25)22-11-5-3-4-6-12-22/h7-10H,2-6,11-13H2,1H3. The first-order valence-electron chi connectivity index (χ1n) is 9.35. The van der Waals surface area contributed by atoms with Crippen molar-refractivity contribution in [1.82, 2.24) is 4.90 Å². The number of esters is 1. The third kappa shape index (κ3) is 4.00. The summed E-state index contributed by atoms with van der Waals surface area (Å²) in [6, 6.07) is 6.22. The molecule has 0 atom stereocenters. The van der Waals surface area contributed by atoms with Crippen molar-refractivity contribution in [2.45, 2.75) is 39.0 Å². The van der Waals surface area contributed by atoms with E-state index in [2.05, 4.69) is 0 Å². The number of hydrogen-bond donors (Lipinski definition) is 0. The van der Waals surface area contributed by atoms with Crippen LogP contribution in [0, 0.1) is 0 Å². The fourth-order valence-corrected chi connectivity index (χ4v) is 3.60. The largest absolute Gasteiger partial charge is 0.462 e. The number of likely N-dealkylation sites (tertiary alicyclic amines) is 1. The highest BCUT2D eigenvalue weighted by Crippen LogP contribution is 2.32. The molecule has 1 aromatic carbocycles. The van der Waals surface area contributed by atoms with Crippen LogP contribution < -0.4 is 4.90 Å². The molecule has 2 aliphatic rings. The van der Waals surface area contributed by atoms with Crippen LogP contribution in [0.2, 0.25) is 0 Å². The average Bonchev–Trinajstić information content (AvgIpc) is 2.87. The second-order valence-corrected chi connectivity index (χ2v) is 7.07. The fourth-order valence-electron chi connectivity index (χ4n) is 3.32. The van der Waals surface area contributed by atoms with Crippen molar-refractivity contribution in [3.05, 3.63) is 40.6 Å². The van der Waals surface area contributed by atoms with E-state index in [0.717, 1.165) is 50.1 Å². The highest BCUT2D eigenvalue weighted by molar-refractivity contribution is 6.52. The van der Waals surface area contributed by atoms with Crippen molar-refractivity contribution < 1.29 is 19.1 Å². The number of carbonyl (C=O) groups excluding carboxylic acids is 3. The van der Waals surface area contributed by atoms with E-state index in [4.69, 9.17) is 16.3 Å². The van der Waals surface area contributed by atoms with Gasteiger partial charge in [0.25, 0.3) is 11.8 Å². The van der Waals surface area contributed by atoms with Crippen LogP contribution in [0.3, 0.4) is 0 Å². The Labute approximate surface area is 163 Å². The van der Waals surface area contributed by atoms with Crippen molar-refractivity contribution in [3.8, 4) is 0 Å². The lowest BCUT2D eigenvalue weighted by molar-refractivity contribution is -0.121. The van der Waals surface area contributed by atoms with E-state index in [1.54, 1.807) is 24.3 Å². The Kier molecular flexibility index (Phi) is 6.16. The molecule has 0 N–H and O–H groups in total. The molecule has 3 rings (SSSR count). The molecule has 1 saturated heterocycles. The molecular formula is C20H23ClN2O4. The van der Waals surface area contributed by atoms with Gasteiger partial charge in [0.15, 0.2) is 0 Å². The molecule has 0 unspecified atom stereocenters. The van der Waals surface area contributed by atoms with Gasteiger partial charge in [-0.3, -0.25) is 9.59 Å². The van der Waals surface area contributed by atoms with Crippen LogP contribution in [0.5, 0.6) is 0 Å². The summed E-state index contributed by atoms with van der Waals surface area (Å²) in [5, 5.41) is -0.0340. The lowest BCUT2D eigenvalue weighted by Crippen LogP contribution is -2.35. The van der Waals surface area contributed by atoms with Gasteiger partial charge in [0.2, 0.25) is 0 Å². The van der Waals surface area contributed by atoms with Gasteiger partial charge in [-0.1, -0.05) is 31.4 Å². The Morgan fingerprint density at radius 3 is 2.26 bits per heavy atom. The fraction of sp³-hybridized carbons (Fsp3) is 0.450. The van der Waals surface area contributed by atoms with Crippen molar-refractivity contribution in [2.75, 3.05) is 24.6 Å². The van der Waals surface area contributed by atoms with Crippen LogP contribution in [-0.2, 0) is 14.3 Å². The second-order valence-electron chi connectivity index (χ2n) is 6.69. The molecule has 0 spiro atoms. The summed E-state index contributed by atoms with van der Waals surface area (Å²) in [5.41, 5.74) is 1.05. The number of ether oxygens (including phenoxy) is 1. The monoisotopic (exact) mass is 390 g/mol. The summed E-state index contributed by atoms with van der Waals surface area (Å²) in [6.45, 7) is 3.71. The van der Waals surface area contributed by atoms with Gasteiger partial charge in [-0.05, 0) is 43.5 Å². The van der Waals surface area contributed by atoms with E-state index < -0.39 is 17.8 Å². The smallest absolute Gasteiger partial charge is 0.338 e. The maximum Gasteiger partial charge on any atom is 0.338 e. The molecular weight excluding hydrogens is 368 g/mol. The topological polar surface area (TPSA) is 66.9 Å². The van der Waals surface area contributed by atoms with Gasteiger partial charge >= 0.3 is 5.97 Å². The van der Waals surface area contributed by atoms with Gasteiger partial charge in [0.05, 0.1) is 17.9 Å². The molecule has 1 aromatic rings. The van der Waals surface area contributed by atoms with Gasteiger partial charge in [-0.2, -0.15) is 0 Å². The summed E-state index contributed by atoms with van der Waals surface area (Å²) in [5.74, 6) is -1.36. The predicted octanol–water partition coefficient (Wildman–Crippen LogP) is 3.45. The SMILES string of the molecule is CCCOC(=O)c1ccc(N2C(=O)C(Cl)=C(N3CCCCCC3)C2=O)cc1. The Balaban J connectivity index is 1.79. The normalized spacial score (nSPS) is 18.1. The van der Waals surface area contributed by atoms with E-state index in [0.29, 0.717) is 17.9 Å². The second kappa shape index (κ2) is 8.57. The minimum absolute atomic E-state index is 0.0340. The Morgan fingerprint density at radius 1 is 1.04 bits per heavy atom. The summed E-state index contributed by atoms with van der Waals surface area (Å²) >= 11 is 6.25. The van der Waals surface area contributed by atoms with E-state index in [1.165, 1.54) is 0 Å². The van der Waals surface area contributed by atoms with Gasteiger partial charge in [0, 0.05) is 13.1 Å². The number of carbonyl (C=O) groups is 3. The summed E-state index contributed by atoms with van der Waals surface area (Å²) < 4.78 is 5.09. The number of amides is 2. The summed E-state index contributed by atoms with van der Waals surface area (Å²) in [4.78, 5) is 40.4. The molecule has 2 aliphatic heterocycles. The molecule has 2 amide bonds. The predicted molar refractivity (Wildman–Crippen MR) is 102 cm³/mol. The lowest BCUT2D eigenvalue weighted by Gasteiger charge is -2.23. The number of rotatable bonds is 5. The molecule has 2 heterocycles. The summed E-state index contributed by atoms with van der Waals surface area (Å²) in [6.07, 6.45) is 4.92. The highest BCUT2D eigenvalue weighted by Gasteiger charge is 2.41. The van der Waals surface area contributed by atoms with E-state index in [-0.39, 0.29) is 10.7 Å². The molecule has 0 bridgehead atoms. The molecule has 144 valence electrons. The number of benzene rings is 1. The maximum absolute atomic E-state index is 12.9. The maximum atomic E-state index is 12.9. The number of imide groups is 1. The van der Waals surface area contributed by atoms with Gasteiger partial charge < -0.3 is 9.64 Å². The van der Waals surface area contributed by atoms with Gasteiger partial charge in [-0.25, -0.2) is 9.69 Å². The number of anilines is 1. The van der Waals surface area contributed by atoms with E-state index in [1.807, 2.05) is 11.8 Å². The van der Waals surface area contributed by atoms with Gasteiger partial charge in [0.1, 0.15) is 10.7 Å². The zero-order chi connectivity index (χ0) is 19.4. The van der Waals surface area contributed by atoms with Crippen molar-refractivity contribution in [1.29, 1.82) is 0 Å². The van der Waals surface area contributed by atoms with Crippen LogP contribution in [0.15, 0.2) is 35.0 Å². The van der Waals surface area contributed by atoms with Crippen LogP contribution in [-0.4, -0.2) is 42.4 Å². The number of hydrogen-bond acceptors (Lipinski definition) is 5. The number of nitrogens with zero attached hydrogens (tertiary/aromatic N) is 2. The minimum Gasteiger partial charge on any atom is -0.462 e. The van der Waals surface area contributed by atoms with Crippen molar-refractivity contribution in [3.63, 3.8) is 0 Å². The molecule has 0 saturated carbocycles. The Hall–Kier alpha value is -2.34. The van der Waals surface area contributed by atoms with Gasteiger partial charge in [-0.15, -0.1) is 0 Å². The zero-order valence-corrected chi connectivity index (χ0v) is 16.1. The van der Waals surface area contributed by atoms with Crippen LogP contribution in [0.4, 0.5) is 5.69 Å². The Morgan fingerprint density at radius 2 is 1.67 bits per heavy atom. The van der Waals surface area contributed by atoms with Crippen molar-refractivity contribution >= 4 is 35.1 Å². The molecule has 27 heavy (non-hydrogen) atoms. The molecule has 0 aromatic heterocycles. The quantitative estimate of drug-likeness (QED) is 0.569. The summed E-state index contributed by atoms with van der Waals surface area (Å²) in [7, 11) is 0. The third-order valence-corrected chi connectivity index (χ3v) is 5.07. The minimum atomic E-state index is -0.526. The third-order valence-electron chi connectivity index (χ3n) is 4.73. The van der Waals surface area contributed by atoms with Crippen LogP contribution in [0.25, 0.3) is 0 Å². The molecule has 0 radical (unpaired) electrons. The number of halogens is 1. The molecule has 1 fully saturated rings. The molecule has 0 aliphatic carbocycles. The molecule has 7 heteroatoms. The average molecular weight is 391 g/mol. The first kappa shape index (κ1) is 19.4. The molecule has 6 nitrogen and oxygen atoms in total. The van der Waals surface area contributed by atoms with E-state index in [9.17, 15) is 14.4 Å². The lowest BCUT2D eigenvalue weighted by atomic mass is 10.2. The van der Waals surface area contributed by atoms with E-state index >= 15 is 0 Å². The highest BCUT2D eigenvalue weighted by atomic mass is 35.5. The van der Waals surface area contributed by atoms with Crippen molar-refractivity contribution in [2.24, 2.45) is 0 Å². The van der Waals surface area contributed by atoms with Crippen LogP contribution in [0.1, 0.15) is 49.4 Å². The zero-order valence-electron chi connectivity index (χ0n) is 15.4. The first-order chi connectivity index (χ1) is 13.0.